The maximum Gasteiger partial charge on any atom is 0.161 e. The first-order valence-corrected chi connectivity index (χ1v) is 10.1. The molecule has 0 radical (unpaired) electrons. The Labute approximate surface area is 163 Å². The minimum absolute atomic E-state index is 0.448. The maximum atomic E-state index is 6.03. The zero-order chi connectivity index (χ0) is 18.9. The van der Waals surface area contributed by atoms with Gasteiger partial charge in [0.1, 0.15) is 6.61 Å². The number of hydrogen-bond acceptors (Lipinski definition) is 4. The fourth-order valence-corrected chi connectivity index (χ4v) is 3.70. The first-order valence-electron chi connectivity index (χ1n) is 10.1. The van der Waals surface area contributed by atoms with Crippen LogP contribution in [0.5, 0.6) is 11.5 Å². The normalized spacial score (nSPS) is 16.1. The molecule has 0 saturated carbocycles. The van der Waals surface area contributed by atoms with Gasteiger partial charge in [-0.3, -0.25) is 4.90 Å². The van der Waals surface area contributed by atoms with Crippen molar-refractivity contribution in [3.05, 3.63) is 59.7 Å². The van der Waals surface area contributed by atoms with E-state index in [1.54, 1.807) is 7.11 Å². The number of hydrogen-bond donors (Lipinski definition) is 1. The Morgan fingerprint density at radius 1 is 1.04 bits per heavy atom. The van der Waals surface area contributed by atoms with Crippen LogP contribution in [0.3, 0.4) is 0 Å². The molecular weight excluding hydrogens is 336 g/mol. The van der Waals surface area contributed by atoms with E-state index in [2.05, 4.69) is 47.5 Å². The highest BCUT2D eigenvalue weighted by Gasteiger charge is 2.23. The summed E-state index contributed by atoms with van der Waals surface area (Å²) in [6.07, 6.45) is 3.64. The number of piperazine rings is 1. The second-order valence-electron chi connectivity index (χ2n) is 7.13. The number of benzene rings is 2. The zero-order valence-corrected chi connectivity index (χ0v) is 16.6. The van der Waals surface area contributed by atoms with Crippen LogP contribution >= 0.6 is 0 Å². The van der Waals surface area contributed by atoms with Crippen molar-refractivity contribution in [1.82, 2.24) is 10.2 Å². The van der Waals surface area contributed by atoms with E-state index in [1.807, 2.05) is 18.2 Å². The van der Waals surface area contributed by atoms with Crippen molar-refractivity contribution in [3.8, 4) is 11.5 Å². The maximum absolute atomic E-state index is 6.03. The number of unbranched alkanes of at least 4 members (excludes halogenated alkanes) is 1. The van der Waals surface area contributed by atoms with E-state index in [0.717, 1.165) is 43.2 Å². The van der Waals surface area contributed by atoms with Gasteiger partial charge in [0.15, 0.2) is 11.5 Å². The van der Waals surface area contributed by atoms with Crippen LogP contribution in [0.2, 0.25) is 0 Å². The van der Waals surface area contributed by atoms with Crippen LogP contribution in [-0.2, 0) is 6.61 Å². The highest BCUT2D eigenvalue weighted by molar-refractivity contribution is 5.44. The molecule has 2 aromatic carbocycles. The van der Waals surface area contributed by atoms with Gasteiger partial charge in [-0.2, -0.15) is 0 Å². The van der Waals surface area contributed by atoms with E-state index in [1.165, 1.54) is 24.8 Å². The van der Waals surface area contributed by atoms with Gasteiger partial charge in [-0.1, -0.05) is 56.2 Å². The van der Waals surface area contributed by atoms with Gasteiger partial charge >= 0.3 is 0 Å². The van der Waals surface area contributed by atoms with E-state index in [-0.39, 0.29) is 0 Å². The van der Waals surface area contributed by atoms with E-state index in [4.69, 9.17) is 9.47 Å². The van der Waals surface area contributed by atoms with E-state index in [0.29, 0.717) is 12.6 Å². The lowest BCUT2D eigenvalue weighted by Gasteiger charge is -2.35. The van der Waals surface area contributed by atoms with Gasteiger partial charge in [-0.15, -0.1) is 0 Å². The molecule has 3 rings (SSSR count). The second-order valence-corrected chi connectivity index (χ2v) is 7.13. The molecule has 1 aliphatic rings. The van der Waals surface area contributed by atoms with E-state index >= 15 is 0 Å². The summed E-state index contributed by atoms with van der Waals surface area (Å²) in [5, 5.41) is 3.45. The molecule has 0 bridgehead atoms. The van der Waals surface area contributed by atoms with Crippen molar-refractivity contribution < 1.29 is 9.47 Å². The van der Waals surface area contributed by atoms with Gasteiger partial charge in [-0.05, 0) is 29.7 Å². The molecule has 1 aliphatic heterocycles. The van der Waals surface area contributed by atoms with Gasteiger partial charge < -0.3 is 14.8 Å². The first kappa shape index (κ1) is 19.7. The van der Waals surface area contributed by atoms with Crippen molar-refractivity contribution in [1.29, 1.82) is 0 Å². The topological polar surface area (TPSA) is 33.7 Å². The molecule has 1 heterocycles. The second kappa shape index (κ2) is 10.3. The molecule has 0 aromatic heterocycles. The smallest absolute Gasteiger partial charge is 0.161 e. The molecule has 146 valence electrons. The Balaban J connectivity index is 1.75. The monoisotopic (exact) mass is 368 g/mol. The summed E-state index contributed by atoms with van der Waals surface area (Å²) in [5.41, 5.74) is 2.49. The summed E-state index contributed by atoms with van der Waals surface area (Å²) in [4.78, 5) is 2.60. The van der Waals surface area contributed by atoms with Crippen LogP contribution in [-0.4, -0.2) is 38.2 Å². The van der Waals surface area contributed by atoms with Crippen LogP contribution in [0, 0.1) is 0 Å². The summed E-state index contributed by atoms with van der Waals surface area (Å²) in [7, 11) is 1.72. The predicted molar refractivity (Wildman–Crippen MR) is 110 cm³/mol. The first-order chi connectivity index (χ1) is 13.3. The molecule has 1 atom stereocenters. The molecule has 0 aliphatic carbocycles. The van der Waals surface area contributed by atoms with Crippen LogP contribution in [0.15, 0.2) is 48.5 Å². The van der Waals surface area contributed by atoms with Gasteiger partial charge in [0, 0.05) is 32.2 Å². The van der Waals surface area contributed by atoms with Crippen LogP contribution in [0.25, 0.3) is 0 Å². The lowest BCUT2D eigenvalue weighted by molar-refractivity contribution is 0.163. The molecule has 4 nitrogen and oxygen atoms in total. The van der Waals surface area contributed by atoms with E-state index < -0.39 is 0 Å². The fourth-order valence-electron chi connectivity index (χ4n) is 3.70. The molecule has 1 N–H and O–H groups in total. The summed E-state index contributed by atoms with van der Waals surface area (Å²) in [6, 6.07) is 17.1. The highest BCUT2D eigenvalue weighted by Crippen LogP contribution is 2.34. The number of nitrogens with zero attached hydrogens (tertiary/aromatic N) is 1. The molecule has 1 unspecified atom stereocenters. The molecule has 1 saturated heterocycles. The minimum atomic E-state index is 0.448. The summed E-state index contributed by atoms with van der Waals surface area (Å²) >= 11 is 0. The van der Waals surface area contributed by atoms with E-state index in [9.17, 15) is 0 Å². The largest absolute Gasteiger partial charge is 0.493 e. The number of nitrogens with one attached hydrogen (secondary N) is 1. The Morgan fingerprint density at radius 3 is 2.52 bits per heavy atom. The van der Waals surface area contributed by atoms with Crippen molar-refractivity contribution in [2.24, 2.45) is 0 Å². The predicted octanol–water partition coefficient (Wildman–Crippen LogP) is 4.41. The molecule has 0 spiro atoms. The minimum Gasteiger partial charge on any atom is -0.493 e. The molecule has 0 amide bonds. The Bertz CT molecular complexity index is 684. The molecule has 4 heteroatoms. The number of rotatable bonds is 9. The fraction of sp³-hybridized carbons (Fsp3) is 0.478. The SMILES string of the molecule is CCCCC(c1ccc(OCc2ccccc2)c(OC)c1)N1CCNCC1. The quantitative estimate of drug-likeness (QED) is 0.711. The van der Waals surface area contributed by atoms with Crippen molar-refractivity contribution in [3.63, 3.8) is 0 Å². The highest BCUT2D eigenvalue weighted by atomic mass is 16.5. The average molecular weight is 369 g/mol. The molecule has 1 fully saturated rings. The summed E-state index contributed by atoms with van der Waals surface area (Å²) in [6.45, 7) is 7.14. The standard InChI is InChI=1S/C23H32N2O2/c1-3-4-10-21(25-15-13-24-14-16-25)20-11-12-22(23(17-20)26-2)27-18-19-8-6-5-7-9-19/h5-9,11-12,17,21,24H,3-4,10,13-16,18H2,1-2H3. The number of methoxy groups -OCH3 is 1. The summed E-state index contributed by atoms with van der Waals surface area (Å²) in [5.74, 6) is 1.62. The zero-order valence-electron chi connectivity index (χ0n) is 16.6. The van der Waals surface area contributed by atoms with Crippen LogP contribution in [0.4, 0.5) is 0 Å². The van der Waals surface area contributed by atoms with Crippen molar-refractivity contribution >= 4 is 0 Å². The van der Waals surface area contributed by atoms with Crippen LogP contribution in [0.1, 0.15) is 43.4 Å². The summed E-state index contributed by atoms with van der Waals surface area (Å²) < 4.78 is 11.7. The van der Waals surface area contributed by atoms with Gasteiger partial charge in [0.05, 0.1) is 7.11 Å². The average Bonchev–Trinajstić information content (AvgIpc) is 2.74. The number of ether oxygens (including phenoxy) is 2. The van der Waals surface area contributed by atoms with Crippen LogP contribution < -0.4 is 14.8 Å². The van der Waals surface area contributed by atoms with Crippen molar-refractivity contribution in [2.45, 2.75) is 38.8 Å². The third-order valence-corrected chi connectivity index (χ3v) is 5.23. The van der Waals surface area contributed by atoms with Crippen molar-refractivity contribution in [2.75, 3.05) is 33.3 Å². The Kier molecular flexibility index (Phi) is 7.55. The molecule has 27 heavy (non-hydrogen) atoms. The Hall–Kier alpha value is -2.04. The molecular formula is C23H32N2O2. The lowest BCUT2D eigenvalue weighted by atomic mass is 9.98. The third-order valence-electron chi connectivity index (χ3n) is 5.23. The lowest BCUT2D eigenvalue weighted by Crippen LogP contribution is -2.45. The van der Waals surface area contributed by atoms with Gasteiger partial charge in [0.2, 0.25) is 0 Å². The third kappa shape index (κ3) is 5.47. The Morgan fingerprint density at radius 2 is 1.81 bits per heavy atom. The van der Waals surface area contributed by atoms with Gasteiger partial charge in [0.25, 0.3) is 0 Å². The van der Waals surface area contributed by atoms with Gasteiger partial charge in [-0.25, -0.2) is 0 Å². The molecule has 2 aromatic rings.